The van der Waals surface area contributed by atoms with Gasteiger partial charge in [-0.1, -0.05) is 74.0 Å². The van der Waals surface area contributed by atoms with E-state index in [9.17, 15) is 4.79 Å². The van der Waals surface area contributed by atoms with Gasteiger partial charge in [0.25, 0.3) is 0 Å². The number of hydrogen-bond donors (Lipinski definition) is 0. The molecule has 0 spiro atoms. The average Bonchev–Trinajstić information content (AvgIpc) is 2.77. The van der Waals surface area contributed by atoms with Crippen LogP contribution in [0.15, 0.2) is 110 Å². The summed E-state index contributed by atoms with van der Waals surface area (Å²) in [6, 6.07) is 29.9. The van der Waals surface area contributed by atoms with E-state index < -0.39 is 0 Å². The molecule has 0 atom stereocenters. The van der Waals surface area contributed by atoms with Gasteiger partial charge in [0.15, 0.2) is 5.78 Å². The van der Waals surface area contributed by atoms with Gasteiger partial charge in [-0.3, -0.25) is 4.79 Å². The second kappa shape index (κ2) is 8.06. The van der Waals surface area contributed by atoms with Crippen LogP contribution in [0.4, 0.5) is 17.1 Å². The minimum absolute atomic E-state index is 0.0324. The van der Waals surface area contributed by atoms with Crippen LogP contribution in [-0.4, -0.2) is 5.78 Å². The molecule has 0 unspecified atom stereocenters. The first-order valence-electron chi connectivity index (χ1n) is 9.37. The lowest BCUT2D eigenvalue weighted by atomic mass is 10.0. The van der Waals surface area contributed by atoms with E-state index in [4.69, 9.17) is 0 Å². The van der Waals surface area contributed by atoms with Crippen molar-refractivity contribution in [3.05, 3.63) is 111 Å². The Labute approximate surface area is 196 Å². The fourth-order valence-electron chi connectivity index (χ4n) is 3.55. The number of carbonyl (C=O) groups is 1. The molecule has 5 heteroatoms. The average molecular weight is 537 g/mol. The molecule has 1 aliphatic rings. The Morgan fingerprint density at radius 3 is 1.77 bits per heavy atom. The normalized spacial score (nSPS) is 12.3. The summed E-state index contributed by atoms with van der Waals surface area (Å²) in [5.41, 5.74) is 4.65. The van der Waals surface area contributed by atoms with E-state index in [2.05, 4.69) is 73.2 Å². The first-order chi connectivity index (χ1) is 14.6. The topological polar surface area (TPSA) is 20.3 Å². The molecule has 0 amide bonds. The lowest BCUT2D eigenvalue weighted by molar-refractivity contribution is 0.103. The van der Waals surface area contributed by atoms with Gasteiger partial charge in [-0.05, 0) is 60.7 Å². The van der Waals surface area contributed by atoms with Crippen molar-refractivity contribution in [3.63, 3.8) is 0 Å². The molecule has 0 aliphatic carbocycles. The van der Waals surface area contributed by atoms with Gasteiger partial charge in [0.1, 0.15) is 0 Å². The molecule has 0 N–H and O–H groups in total. The maximum Gasteiger partial charge on any atom is 0.193 e. The number of carbonyl (C=O) groups excluding carboxylic acids is 1. The van der Waals surface area contributed by atoms with Crippen LogP contribution in [0.3, 0.4) is 0 Å². The maximum absolute atomic E-state index is 12.8. The smallest absolute Gasteiger partial charge is 0.193 e. The molecule has 1 aliphatic heterocycles. The van der Waals surface area contributed by atoms with Crippen LogP contribution in [-0.2, 0) is 0 Å². The van der Waals surface area contributed by atoms with Crippen molar-refractivity contribution in [2.45, 2.75) is 9.79 Å². The molecule has 1 heterocycles. The first-order valence-corrected chi connectivity index (χ1v) is 11.8. The fourth-order valence-corrected chi connectivity index (χ4v) is 5.72. The number of benzene rings is 4. The molecule has 5 rings (SSSR count). The third kappa shape index (κ3) is 3.62. The van der Waals surface area contributed by atoms with Gasteiger partial charge in [-0.15, -0.1) is 0 Å². The SMILES string of the molecule is O=C(c1ccccc1)c1ccc(N2c3ccc(Br)cc3Sc3cc(Br)ccc32)cc1. The summed E-state index contributed by atoms with van der Waals surface area (Å²) in [7, 11) is 0. The predicted octanol–water partition coefficient (Wildman–Crippen LogP) is 8.38. The molecule has 0 saturated heterocycles. The number of rotatable bonds is 3. The minimum Gasteiger partial charge on any atom is -0.308 e. The van der Waals surface area contributed by atoms with Gasteiger partial charge in [0, 0.05) is 35.6 Å². The number of ketones is 1. The van der Waals surface area contributed by atoms with E-state index in [-0.39, 0.29) is 5.78 Å². The van der Waals surface area contributed by atoms with E-state index >= 15 is 0 Å². The van der Waals surface area contributed by atoms with Crippen molar-refractivity contribution in [1.82, 2.24) is 0 Å². The van der Waals surface area contributed by atoms with Crippen molar-refractivity contribution in [3.8, 4) is 0 Å². The Morgan fingerprint density at radius 2 is 1.20 bits per heavy atom. The lowest BCUT2D eigenvalue weighted by Crippen LogP contribution is -2.15. The summed E-state index contributed by atoms with van der Waals surface area (Å²) in [5.74, 6) is 0.0324. The van der Waals surface area contributed by atoms with Gasteiger partial charge in [-0.25, -0.2) is 0 Å². The van der Waals surface area contributed by atoms with Crippen LogP contribution < -0.4 is 4.90 Å². The van der Waals surface area contributed by atoms with Crippen LogP contribution >= 0.6 is 43.6 Å². The predicted molar refractivity (Wildman–Crippen MR) is 131 cm³/mol. The van der Waals surface area contributed by atoms with E-state index in [1.165, 1.54) is 9.79 Å². The number of anilines is 3. The summed E-state index contributed by atoms with van der Waals surface area (Å²) < 4.78 is 2.10. The Hall–Kier alpha value is -2.34. The summed E-state index contributed by atoms with van der Waals surface area (Å²) in [6.45, 7) is 0. The second-order valence-corrected chi connectivity index (χ2v) is 9.82. The first kappa shape index (κ1) is 19.6. The molecular weight excluding hydrogens is 522 g/mol. The summed E-state index contributed by atoms with van der Waals surface area (Å²) in [6.07, 6.45) is 0. The molecule has 146 valence electrons. The molecular formula is C25H15Br2NOS. The molecule has 0 bridgehead atoms. The van der Waals surface area contributed by atoms with Gasteiger partial charge < -0.3 is 4.90 Å². The monoisotopic (exact) mass is 535 g/mol. The minimum atomic E-state index is 0.0324. The standard InChI is InChI=1S/C25H15Br2NOS/c26-18-8-12-21-23(14-18)30-24-15-19(27)9-13-22(24)28(21)20-10-6-17(7-11-20)25(29)16-4-2-1-3-5-16/h1-15H. The quantitative estimate of drug-likeness (QED) is 0.216. The summed E-state index contributed by atoms with van der Waals surface area (Å²) >= 11 is 8.94. The Bertz CT molecular complexity index is 1200. The largest absolute Gasteiger partial charge is 0.308 e. The van der Waals surface area contributed by atoms with Gasteiger partial charge in [0.05, 0.1) is 11.4 Å². The molecule has 0 fully saturated rings. The van der Waals surface area contributed by atoms with Gasteiger partial charge >= 0.3 is 0 Å². The second-order valence-electron chi connectivity index (χ2n) is 6.90. The molecule has 0 aromatic heterocycles. The number of fused-ring (bicyclic) bond motifs is 2. The molecule has 2 nitrogen and oxygen atoms in total. The lowest BCUT2D eigenvalue weighted by Gasteiger charge is -2.33. The Balaban J connectivity index is 1.58. The van der Waals surface area contributed by atoms with Crippen LogP contribution in [0.5, 0.6) is 0 Å². The summed E-state index contributed by atoms with van der Waals surface area (Å²) in [4.78, 5) is 17.4. The molecule has 4 aromatic rings. The van der Waals surface area contributed by atoms with Crippen LogP contribution in [0.25, 0.3) is 0 Å². The zero-order chi connectivity index (χ0) is 20.7. The number of hydrogen-bond acceptors (Lipinski definition) is 3. The fraction of sp³-hybridized carbons (Fsp3) is 0. The van der Waals surface area contributed by atoms with Crippen molar-refractivity contribution in [1.29, 1.82) is 0 Å². The molecule has 4 aromatic carbocycles. The zero-order valence-corrected chi connectivity index (χ0v) is 19.7. The highest BCUT2D eigenvalue weighted by Crippen LogP contribution is 2.52. The van der Waals surface area contributed by atoms with Crippen molar-refractivity contribution < 1.29 is 4.79 Å². The highest BCUT2D eigenvalue weighted by Gasteiger charge is 2.25. The maximum atomic E-state index is 12.8. The van der Waals surface area contributed by atoms with E-state index in [0.717, 1.165) is 26.0 Å². The Kier molecular flexibility index (Phi) is 5.27. The molecule has 0 radical (unpaired) electrons. The van der Waals surface area contributed by atoms with Crippen LogP contribution in [0.1, 0.15) is 15.9 Å². The van der Waals surface area contributed by atoms with Crippen molar-refractivity contribution in [2.75, 3.05) is 4.90 Å². The van der Waals surface area contributed by atoms with E-state index in [0.29, 0.717) is 11.1 Å². The van der Waals surface area contributed by atoms with E-state index in [1.807, 2.05) is 54.6 Å². The number of nitrogens with zero attached hydrogens (tertiary/aromatic N) is 1. The highest BCUT2D eigenvalue weighted by atomic mass is 79.9. The highest BCUT2D eigenvalue weighted by molar-refractivity contribution is 9.10. The van der Waals surface area contributed by atoms with Crippen molar-refractivity contribution in [2.24, 2.45) is 0 Å². The van der Waals surface area contributed by atoms with Crippen LogP contribution in [0.2, 0.25) is 0 Å². The third-order valence-electron chi connectivity index (χ3n) is 4.97. The van der Waals surface area contributed by atoms with Gasteiger partial charge in [0.2, 0.25) is 0 Å². The Morgan fingerprint density at radius 1 is 0.667 bits per heavy atom. The zero-order valence-electron chi connectivity index (χ0n) is 15.7. The van der Waals surface area contributed by atoms with Crippen LogP contribution in [0, 0.1) is 0 Å². The van der Waals surface area contributed by atoms with Crippen molar-refractivity contribution >= 4 is 66.5 Å². The summed E-state index contributed by atoms with van der Waals surface area (Å²) in [5, 5.41) is 0. The van der Waals surface area contributed by atoms with E-state index in [1.54, 1.807) is 11.8 Å². The number of halogens is 2. The molecule has 30 heavy (non-hydrogen) atoms. The van der Waals surface area contributed by atoms with Gasteiger partial charge in [-0.2, -0.15) is 0 Å². The molecule has 0 saturated carbocycles. The third-order valence-corrected chi connectivity index (χ3v) is 7.05.